The van der Waals surface area contributed by atoms with Crippen LogP contribution in [-0.4, -0.2) is 51.2 Å². The number of nitrogens with one attached hydrogen (secondary N) is 1. The van der Waals surface area contributed by atoms with Crippen LogP contribution in [0.25, 0.3) is 0 Å². The van der Waals surface area contributed by atoms with Gasteiger partial charge in [0.05, 0.1) is 6.04 Å². The summed E-state index contributed by atoms with van der Waals surface area (Å²) in [5.41, 5.74) is 2.49. The molecule has 4 rings (SSSR count). The first kappa shape index (κ1) is 35.3. The van der Waals surface area contributed by atoms with Gasteiger partial charge in [0.2, 0.25) is 11.8 Å². The van der Waals surface area contributed by atoms with Crippen molar-refractivity contribution in [3.05, 3.63) is 106 Å². The van der Waals surface area contributed by atoms with E-state index >= 15 is 0 Å². The predicted molar refractivity (Wildman–Crippen MR) is 179 cm³/mol. The van der Waals surface area contributed by atoms with Crippen LogP contribution in [0.2, 0.25) is 0 Å². The van der Waals surface area contributed by atoms with Gasteiger partial charge in [0.1, 0.15) is 23.5 Å². The lowest BCUT2D eigenvalue weighted by molar-refractivity contribution is -0.151. The summed E-state index contributed by atoms with van der Waals surface area (Å²) in [6.45, 7) is 14.6. The van der Waals surface area contributed by atoms with Crippen LogP contribution < -0.4 is 5.32 Å². The van der Waals surface area contributed by atoms with Gasteiger partial charge in [-0.2, -0.15) is 0 Å². The van der Waals surface area contributed by atoms with Crippen LogP contribution in [0.3, 0.4) is 0 Å². The number of halogens is 1. The topological polar surface area (TPSA) is 96.0 Å². The molecule has 0 aromatic heterocycles. The van der Waals surface area contributed by atoms with Crippen LogP contribution in [0.15, 0.2) is 72.8 Å². The quantitative estimate of drug-likeness (QED) is 0.267. The average Bonchev–Trinajstić information content (AvgIpc) is 3.00. The molecule has 250 valence electrons. The maximum atomic E-state index is 14.9. The van der Waals surface area contributed by atoms with Crippen molar-refractivity contribution in [2.75, 3.05) is 0 Å². The molecule has 0 saturated heterocycles. The van der Waals surface area contributed by atoms with Crippen LogP contribution in [0.4, 0.5) is 9.18 Å². The Morgan fingerprint density at radius 3 is 2.06 bits per heavy atom. The fraction of sp³-hybridized carbons (Fsp3) is 0.421. The van der Waals surface area contributed by atoms with E-state index in [0.29, 0.717) is 5.56 Å². The van der Waals surface area contributed by atoms with Crippen molar-refractivity contribution in [1.82, 2.24) is 15.1 Å². The van der Waals surface area contributed by atoms with Gasteiger partial charge in [-0.3, -0.25) is 14.4 Å². The summed E-state index contributed by atoms with van der Waals surface area (Å²) in [6.07, 6.45) is -0.438. The zero-order valence-corrected chi connectivity index (χ0v) is 28.6. The number of fused-ring (bicyclic) bond motifs is 1. The third kappa shape index (κ3) is 8.84. The molecule has 1 aliphatic rings. The number of benzene rings is 3. The van der Waals surface area contributed by atoms with E-state index in [9.17, 15) is 23.6 Å². The maximum absolute atomic E-state index is 14.9. The van der Waals surface area contributed by atoms with Gasteiger partial charge in [0, 0.05) is 25.1 Å². The van der Waals surface area contributed by atoms with Crippen LogP contribution >= 0.6 is 0 Å². The highest BCUT2D eigenvalue weighted by atomic mass is 19.1. The predicted octanol–water partition coefficient (Wildman–Crippen LogP) is 7.01. The average molecular weight is 644 g/mol. The van der Waals surface area contributed by atoms with Crippen LogP contribution in [0, 0.1) is 11.2 Å². The fourth-order valence-corrected chi connectivity index (χ4v) is 5.78. The summed E-state index contributed by atoms with van der Waals surface area (Å²) in [5.74, 6) is -1.13. The Hall–Kier alpha value is -4.53. The molecule has 0 radical (unpaired) electrons. The number of alkyl carbamates (subject to hydrolysis) is 1. The van der Waals surface area contributed by atoms with Crippen LogP contribution in [-0.2, 0) is 33.8 Å². The molecule has 1 N–H and O–H groups in total. The van der Waals surface area contributed by atoms with Crippen molar-refractivity contribution in [3.63, 3.8) is 0 Å². The Morgan fingerprint density at radius 1 is 0.915 bits per heavy atom. The minimum Gasteiger partial charge on any atom is -0.444 e. The molecule has 3 atom stereocenters. The molecule has 9 heteroatoms. The normalized spacial score (nSPS) is 16.0. The molecule has 0 bridgehead atoms. The highest BCUT2D eigenvalue weighted by Crippen LogP contribution is 2.32. The van der Waals surface area contributed by atoms with Crippen molar-refractivity contribution in [2.24, 2.45) is 5.41 Å². The van der Waals surface area contributed by atoms with E-state index in [1.807, 2.05) is 64.1 Å². The lowest BCUT2D eigenvalue weighted by Gasteiger charge is -2.43. The Kier molecular flexibility index (Phi) is 10.6. The largest absolute Gasteiger partial charge is 0.444 e. The molecule has 0 saturated carbocycles. The second-order valence-corrected chi connectivity index (χ2v) is 14.3. The number of amides is 3. The van der Waals surface area contributed by atoms with E-state index in [2.05, 4.69) is 5.32 Å². The van der Waals surface area contributed by atoms with Gasteiger partial charge in [-0.15, -0.1) is 0 Å². The molecule has 0 spiro atoms. The Balaban J connectivity index is 1.76. The monoisotopic (exact) mass is 643 g/mol. The summed E-state index contributed by atoms with van der Waals surface area (Å²) in [4.78, 5) is 57.5. The third-order valence-corrected chi connectivity index (χ3v) is 8.41. The fourth-order valence-electron chi connectivity index (χ4n) is 5.78. The van der Waals surface area contributed by atoms with Gasteiger partial charge in [-0.05, 0) is 74.4 Å². The Bertz CT molecular complexity index is 1610. The van der Waals surface area contributed by atoms with Crippen molar-refractivity contribution in [3.8, 4) is 0 Å². The highest BCUT2D eigenvalue weighted by molar-refractivity contribution is 5.94. The molecule has 0 unspecified atom stereocenters. The van der Waals surface area contributed by atoms with E-state index in [4.69, 9.17) is 4.74 Å². The zero-order chi connectivity index (χ0) is 34.7. The van der Waals surface area contributed by atoms with Gasteiger partial charge < -0.3 is 19.9 Å². The molecular formula is C38H46FN3O5. The molecular weight excluding hydrogens is 597 g/mol. The summed E-state index contributed by atoms with van der Waals surface area (Å²) in [6, 6.07) is 18.5. The van der Waals surface area contributed by atoms with E-state index in [1.54, 1.807) is 54.8 Å². The van der Waals surface area contributed by atoms with Crippen LogP contribution in [0.5, 0.6) is 0 Å². The lowest BCUT2D eigenvalue weighted by Crippen LogP contribution is -2.61. The van der Waals surface area contributed by atoms with Gasteiger partial charge in [-0.25, -0.2) is 9.18 Å². The van der Waals surface area contributed by atoms with Gasteiger partial charge in [0.25, 0.3) is 0 Å². The first-order chi connectivity index (χ1) is 21.9. The number of hydrogen-bond acceptors (Lipinski definition) is 5. The second kappa shape index (κ2) is 14.1. The highest BCUT2D eigenvalue weighted by Gasteiger charge is 2.44. The minimum atomic E-state index is -0.986. The molecule has 8 nitrogen and oxygen atoms in total. The molecule has 3 aromatic rings. The van der Waals surface area contributed by atoms with Crippen LogP contribution in [0.1, 0.15) is 94.0 Å². The summed E-state index contributed by atoms with van der Waals surface area (Å²) in [5, 5.41) is 2.79. The van der Waals surface area contributed by atoms with E-state index in [0.717, 1.165) is 22.3 Å². The third-order valence-electron chi connectivity index (χ3n) is 8.41. The van der Waals surface area contributed by atoms with E-state index in [1.165, 1.54) is 19.1 Å². The smallest absolute Gasteiger partial charge is 0.408 e. The number of ketones is 1. The molecule has 47 heavy (non-hydrogen) atoms. The standard InChI is InChI=1S/C38H46FN3O5/c1-24(27-17-19-31(39)20-18-27)41(22-26-13-15-28(16-14-26)25(2)43)34(44)32-21-29-11-9-10-12-30(29)23-42(32)35(45)33(37(3,4)5)40-36(46)47-38(6,7)8/h9-20,24,32-33H,21-23H2,1-8H3,(H,40,46)/t24-,32+,33-/m1/s1. The number of Topliss-reactive ketones (excluding diaryl/α,β-unsaturated/α-hetero) is 1. The van der Waals surface area contributed by atoms with Gasteiger partial charge in [-0.1, -0.05) is 81.4 Å². The van der Waals surface area contributed by atoms with E-state index < -0.39 is 41.1 Å². The first-order valence-corrected chi connectivity index (χ1v) is 16.0. The van der Waals surface area contributed by atoms with Gasteiger partial charge >= 0.3 is 6.09 Å². The SMILES string of the molecule is CC(=O)c1ccc(CN(C(=O)[C@@H]2Cc3ccccc3CN2C(=O)[C@@H](NC(=O)OC(C)(C)C)C(C)(C)C)[C@H](C)c2ccc(F)cc2)cc1. The minimum absolute atomic E-state index is 0.0624. The maximum Gasteiger partial charge on any atom is 0.408 e. The number of hydrogen-bond donors (Lipinski definition) is 1. The van der Waals surface area contributed by atoms with Crippen molar-refractivity contribution in [2.45, 2.75) is 98.6 Å². The number of nitrogens with zero attached hydrogens (tertiary/aromatic N) is 2. The molecule has 1 aliphatic heterocycles. The first-order valence-electron chi connectivity index (χ1n) is 16.0. The molecule has 0 fully saturated rings. The van der Waals surface area contributed by atoms with Gasteiger partial charge in [0.15, 0.2) is 5.78 Å². The Labute approximate surface area is 277 Å². The molecule has 0 aliphatic carbocycles. The molecule has 3 amide bonds. The molecule has 3 aromatic carbocycles. The van der Waals surface area contributed by atoms with Crippen molar-refractivity contribution < 1.29 is 28.3 Å². The Morgan fingerprint density at radius 2 is 1.51 bits per heavy atom. The second-order valence-electron chi connectivity index (χ2n) is 14.3. The lowest BCUT2D eigenvalue weighted by atomic mass is 9.84. The van der Waals surface area contributed by atoms with Crippen molar-refractivity contribution >= 4 is 23.7 Å². The van der Waals surface area contributed by atoms with E-state index in [-0.39, 0.29) is 37.0 Å². The number of carbonyl (C=O) groups is 4. The summed E-state index contributed by atoms with van der Waals surface area (Å²) >= 11 is 0. The number of ether oxygens (including phenoxy) is 1. The zero-order valence-electron chi connectivity index (χ0n) is 28.6. The molecule has 1 heterocycles. The number of carbonyl (C=O) groups excluding carboxylic acids is 4. The summed E-state index contributed by atoms with van der Waals surface area (Å²) in [7, 11) is 0. The number of rotatable bonds is 8. The van der Waals surface area contributed by atoms with Crippen molar-refractivity contribution in [1.29, 1.82) is 0 Å². The summed E-state index contributed by atoms with van der Waals surface area (Å²) < 4.78 is 19.4.